The minimum absolute atomic E-state index is 0.0737. The summed E-state index contributed by atoms with van der Waals surface area (Å²) >= 11 is 0. The van der Waals surface area contributed by atoms with Crippen LogP contribution in [0.3, 0.4) is 0 Å². The van der Waals surface area contributed by atoms with Gasteiger partial charge in [-0.05, 0) is 36.6 Å². The van der Waals surface area contributed by atoms with Gasteiger partial charge in [0.25, 0.3) is 0 Å². The molecule has 27 heavy (non-hydrogen) atoms. The third-order valence-electron chi connectivity index (χ3n) is 4.22. The average Bonchev–Trinajstić information content (AvgIpc) is 2.63. The molecule has 2 rings (SSSR count). The van der Waals surface area contributed by atoms with Crippen molar-refractivity contribution in [2.45, 2.75) is 33.6 Å². The Morgan fingerprint density at radius 3 is 2.41 bits per heavy atom. The van der Waals surface area contributed by atoms with E-state index in [1.807, 2.05) is 32.0 Å². The third-order valence-corrected chi connectivity index (χ3v) is 4.22. The van der Waals surface area contributed by atoms with Crippen LogP contribution in [0.15, 0.2) is 30.3 Å². The summed E-state index contributed by atoms with van der Waals surface area (Å²) in [6, 6.07) is 7.37. The zero-order chi connectivity index (χ0) is 20.1. The molecule has 0 saturated carbocycles. The Kier molecular flexibility index (Phi) is 6.60. The quantitative estimate of drug-likeness (QED) is 0.760. The highest BCUT2D eigenvalue weighted by atomic mass is 19.2. The monoisotopic (exact) mass is 378 g/mol. The number of hydrogen-bond donors (Lipinski definition) is 1. The fraction of sp³-hybridized carbons (Fsp3) is 0.300. The largest absolute Gasteiger partial charge is 0.323 e. The number of amides is 2. The van der Waals surface area contributed by atoms with Crippen LogP contribution in [-0.4, -0.2) is 18.4 Å². The van der Waals surface area contributed by atoms with Crippen LogP contribution in [0, 0.1) is 24.4 Å². The van der Waals surface area contributed by atoms with Gasteiger partial charge >= 0.3 is 0 Å². The molecule has 0 fully saturated rings. The summed E-state index contributed by atoms with van der Waals surface area (Å²) < 4.78 is 39.9. The SMILES string of the molecule is CCc1cccc(C)c1N(CCC(=O)Nc1ccc(F)c(F)c1F)C(C)=O. The molecule has 2 amide bonds. The molecule has 0 aromatic heterocycles. The number of carbonyl (C=O) groups excluding carboxylic acids is 2. The van der Waals surface area contributed by atoms with Gasteiger partial charge in [-0.15, -0.1) is 0 Å². The van der Waals surface area contributed by atoms with Gasteiger partial charge in [-0.3, -0.25) is 9.59 Å². The highest BCUT2D eigenvalue weighted by molar-refractivity contribution is 5.96. The average molecular weight is 378 g/mol. The number of rotatable bonds is 6. The standard InChI is InChI=1S/C20H21F3N2O2/c1-4-14-7-5-6-12(2)20(14)25(13(3)26)11-10-17(27)24-16-9-8-15(21)18(22)19(16)23/h5-9H,4,10-11H2,1-3H3,(H,24,27). The Balaban J connectivity index is 2.15. The molecule has 0 saturated heterocycles. The molecular weight excluding hydrogens is 357 g/mol. The van der Waals surface area contributed by atoms with Crippen LogP contribution in [0.1, 0.15) is 31.4 Å². The lowest BCUT2D eigenvalue weighted by molar-refractivity contribution is -0.117. The van der Waals surface area contributed by atoms with Gasteiger partial charge in [0.05, 0.1) is 5.69 Å². The van der Waals surface area contributed by atoms with E-state index >= 15 is 0 Å². The van der Waals surface area contributed by atoms with E-state index in [0.717, 1.165) is 28.9 Å². The summed E-state index contributed by atoms with van der Waals surface area (Å²) in [6.45, 7) is 5.32. The van der Waals surface area contributed by atoms with E-state index in [9.17, 15) is 22.8 Å². The molecule has 0 unspecified atom stereocenters. The molecular formula is C20H21F3N2O2. The zero-order valence-corrected chi connectivity index (χ0v) is 15.4. The highest BCUT2D eigenvalue weighted by Gasteiger charge is 2.19. The Morgan fingerprint density at radius 2 is 1.78 bits per heavy atom. The smallest absolute Gasteiger partial charge is 0.226 e. The molecule has 0 heterocycles. The Bertz CT molecular complexity index is 869. The predicted molar refractivity (Wildman–Crippen MR) is 98.1 cm³/mol. The van der Waals surface area contributed by atoms with E-state index in [1.54, 1.807) is 0 Å². The summed E-state index contributed by atoms with van der Waals surface area (Å²) in [5, 5.41) is 2.21. The van der Waals surface area contributed by atoms with Gasteiger partial charge in [-0.25, -0.2) is 13.2 Å². The normalized spacial score (nSPS) is 10.6. The lowest BCUT2D eigenvalue weighted by Gasteiger charge is -2.25. The minimum Gasteiger partial charge on any atom is -0.323 e. The van der Waals surface area contributed by atoms with Crippen molar-refractivity contribution in [1.82, 2.24) is 0 Å². The molecule has 1 N–H and O–H groups in total. The topological polar surface area (TPSA) is 49.4 Å². The van der Waals surface area contributed by atoms with Gasteiger partial charge < -0.3 is 10.2 Å². The zero-order valence-electron chi connectivity index (χ0n) is 15.4. The lowest BCUT2D eigenvalue weighted by Crippen LogP contribution is -2.33. The van der Waals surface area contributed by atoms with Gasteiger partial charge in [-0.2, -0.15) is 0 Å². The number of halogens is 3. The maximum atomic E-state index is 13.7. The fourth-order valence-corrected chi connectivity index (χ4v) is 2.87. The van der Waals surface area contributed by atoms with E-state index in [1.165, 1.54) is 11.8 Å². The number of aryl methyl sites for hydroxylation is 2. The third kappa shape index (κ3) is 4.67. The van der Waals surface area contributed by atoms with E-state index in [-0.39, 0.29) is 18.9 Å². The second-order valence-corrected chi connectivity index (χ2v) is 6.13. The first-order chi connectivity index (χ1) is 12.8. The summed E-state index contributed by atoms with van der Waals surface area (Å²) in [5.74, 6) is -5.28. The second kappa shape index (κ2) is 8.70. The number of hydrogen-bond acceptors (Lipinski definition) is 2. The molecule has 144 valence electrons. The molecule has 0 radical (unpaired) electrons. The van der Waals surface area contributed by atoms with Crippen molar-refractivity contribution in [3.8, 4) is 0 Å². The van der Waals surface area contributed by atoms with Crippen molar-refractivity contribution in [3.63, 3.8) is 0 Å². The molecule has 2 aromatic carbocycles. The van der Waals surface area contributed by atoms with E-state index in [4.69, 9.17) is 0 Å². The summed E-state index contributed by atoms with van der Waals surface area (Å²) in [4.78, 5) is 25.7. The summed E-state index contributed by atoms with van der Waals surface area (Å²) in [5.41, 5.74) is 2.17. The van der Waals surface area contributed by atoms with Crippen molar-refractivity contribution in [2.75, 3.05) is 16.8 Å². The Labute approximate surface area is 156 Å². The molecule has 0 spiro atoms. The van der Waals surface area contributed by atoms with Crippen LogP contribution < -0.4 is 10.2 Å². The molecule has 0 aliphatic carbocycles. The van der Waals surface area contributed by atoms with Crippen molar-refractivity contribution in [3.05, 3.63) is 58.9 Å². The van der Waals surface area contributed by atoms with Gasteiger partial charge in [0.2, 0.25) is 11.8 Å². The van der Waals surface area contributed by atoms with Crippen LogP contribution in [0.2, 0.25) is 0 Å². The molecule has 7 heteroatoms. The first-order valence-corrected chi connectivity index (χ1v) is 8.56. The van der Waals surface area contributed by atoms with E-state index < -0.39 is 29.0 Å². The first-order valence-electron chi connectivity index (χ1n) is 8.56. The van der Waals surface area contributed by atoms with Crippen molar-refractivity contribution in [2.24, 2.45) is 0 Å². The van der Waals surface area contributed by atoms with Crippen LogP contribution in [0.4, 0.5) is 24.5 Å². The molecule has 0 bridgehead atoms. The summed E-state index contributed by atoms with van der Waals surface area (Å²) in [7, 11) is 0. The first kappa shape index (κ1) is 20.5. The maximum Gasteiger partial charge on any atom is 0.226 e. The van der Waals surface area contributed by atoms with Gasteiger partial charge in [0, 0.05) is 25.6 Å². The predicted octanol–water partition coefficient (Wildman–Crippen LogP) is 4.36. The molecule has 2 aromatic rings. The number of para-hydroxylation sites is 1. The van der Waals surface area contributed by atoms with Gasteiger partial charge in [0.15, 0.2) is 17.5 Å². The molecule has 4 nitrogen and oxygen atoms in total. The minimum atomic E-state index is -1.65. The van der Waals surface area contributed by atoms with Crippen LogP contribution in [-0.2, 0) is 16.0 Å². The number of carbonyl (C=O) groups is 2. The van der Waals surface area contributed by atoms with Crippen LogP contribution >= 0.6 is 0 Å². The van der Waals surface area contributed by atoms with E-state index in [2.05, 4.69) is 5.32 Å². The van der Waals surface area contributed by atoms with Crippen LogP contribution in [0.5, 0.6) is 0 Å². The molecule has 0 aliphatic heterocycles. The van der Waals surface area contributed by atoms with Crippen molar-refractivity contribution < 1.29 is 22.8 Å². The van der Waals surface area contributed by atoms with Crippen molar-refractivity contribution >= 4 is 23.2 Å². The molecule has 0 atom stereocenters. The second-order valence-electron chi connectivity index (χ2n) is 6.13. The fourth-order valence-electron chi connectivity index (χ4n) is 2.87. The number of anilines is 2. The Hall–Kier alpha value is -2.83. The van der Waals surface area contributed by atoms with Gasteiger partial charge in [-0.1, -0.05) is 25.1 Å². The lowest BCUT2D eigenvalue weighted by atomic mass is 10.0. The maximum absolute atomic E-state index is 13.7. The number of nitrogens with zero attached hydrogens (tertiary/aromatic N) is 1. The van der Waals surface area contributed by atoms with Crippen LogP contribution in [0.25, 0.3) is 0 Å². The van der Waals surface area contributed by atoms with Crippen molar-refractivity contribution in [1.29, 1.82) is 0 Å². The van der Waals surface area contributed by atoms with Gasteiger partial charge in [0.1, 0.15) is 0 Å². The number of benzene rings is 2. The summed E-state index contributed by atoms with van der Waals surface area (Å²) in [6.07, 6.45) is 0.586. The van der Waals surface area contributed by atoms with E-state index in [0.29, 0.717) is 6.42 Å². The number of nitrogens with one attached hydrogen (secondary N) is 1. The molecule has 0 aliphatic rings. The highest BCUT2D eigenvalue weighted by Crippen LogP contribution is 2.26. The Morgan fingerprint density at radius 1 is 1.07 bits per heavy atom.